The molecule has 0 bridgehead atoms. The number of rotatable bonds is 4. The van der Waals surface area contributed by atoms with E-state index in [4.69, 9.17) is 0 Å². The van der Waals surface area contributed by atoms with Gasteiger partial charge in [-0.25, -0.2) is 9.18 Å². The zero-order valence-electron chi connectivity index (χ0n) is 11.3. The Morgan fingerprint density at radius 1 is 1.33 bits per heavy atom. The molecule has 2 amide bonds. The monoisotopic (exact) mass is 358 g/mol. The third-order valence-corrected chi connectivity index (χ3v) is 4.46. The molecule has 21 heavy (non-hydrogen) atoms. The number of carbonyl (C=O) groups excluding carboxylic acids is 1. The van der Waals surface area contributed by atoms with Crippen molar-refractivity contribution in [1.29, 1.82) is 0 Å². The summed E-state index contributed by atoms with van der Waals surface area (Å²) in [7, 11) is 0. The second-order valence-corrected chi connectivity index (χ2v) is 6.05. The van der Waals surface area contributed by atoms with Gasteiger partial charge in [0, 0.05) is 11.0 Å². The van der Waals surface area contributed by atoms with Gasteiger partial charge in [0.05, 0.1) is 11.1 Å². The van der Waals surface area contributed by atoms with Crippen molar-refractivity contribution < 1.29 is 19.1 Å². The standard InChI is InChI=1S/C14H16BrFN2O3/c15-9-4-3-5-10(16)11(9)18-13(21)17-8-14(12(19)20)6-1-2-7-14/h3-5H,1-2,6-8H2,(H,19,20)(H2,17,18,21). The number of nitrogens with one attached hydrogen (secondary N) is 2. The minimum Gasteiger partial charge on any atom is -0.481 e. The zero-order chi connectivity index (χ0) is 15.5. The third-order valence-electron chi connectivity index (χ3n) is 3.80. The molecule has 1 aromatic carbocycles. The van der Waals surface area contributed by atoms with Crippen molar-refractivity contribution in [1.82, 2.24) is 5.32 Å². The highest BCUT2D eigenvalue weighted by Gasteiger charge is 2.41. The van der Waals surface area contributed by atoms with Gasteiger partial charge in [0.25, 0.3) is 0 Å². The lowest BCUT2D eigenvalue weighted by Crippen LogP contribution is -2.42. The summed E-state index contributed by atoms with van der Waals surface area (Å²) in [6.07, 6.45) is 2.78. The second-order valence-electron chi connectivity index (χ2n) is 5.20. The number of anilines is 1. The van der Waals surface area contributed by atoms with E-state index < -0.39 is 23.2 Å². The lowest BCUT2D eigenvalue weighted by atomic mass is 9.86. The number of urea groups is 1. The Hall–Kier alpha value is -1.63. The van der Waals surface area contributed by atoms with Crippen molar-refractivity contribution >= 4 is 33.6 Å². The summed E-state index contributed by atoms with van der Waals surface area (Å²) >= 11 is 3.15. The molecule has 0 heterocycles. The molecule has 0 atom stereocenters. The van der Waals surface area contributed by atoms with Gasteiger partial charge in [-0.05, 0) is 40.9 Å². The van der Waals surface area contributed by atoms with Crippen LogP contribution in [-0.4, -0.2) is 23.7 Å². The molecule has 3 N–H and O–H groups in total. The summed E-state index contributed by atoms with van der Waals surface area (Å²) in [5, 5.41) is 14.2. The Labute approximate surface area is 130 Å². The molecule has 1 aliphatic carbocycles. The van der Waals surface area contributed by atoms with Crippen LogP contribution in [0.15, 0.2) is 22.7 Å². The van der Waals surface area contributed by atoms with Crippen LogP contribution >= 0.6 is 15.9 Å². The van der Waals surface area contributed by atoms with E-state index in [1.807, 2.05) is 0 Å². The molecule has 1 aliphatic rings. The van der Waals surface area contributed by atoms with Gasteiger partial charge in [0.1, 0.15) is 5.82 Å². The number of aliphatic carboxylic acids is 1. The Morgan fingerprint density at radius 3 is 2.57 bits per heavy atom. The summed E-state index contributed by atoms with van der Waals surface area (Å²) in [6.45, 7) is 0.0419. The van der Waals surface area contributed by atoms with Crippen molar-refractivity contribution in [2.45, 2.75) is 25.7 Å². The molecule has 0 spiro atoms. The number of para-hydroxylation sites is 1. The van der Waals surface area contributed by atoms with Gasteiger partial charge in [0.15, 0.2) is 0 Å². The van der Waals surface area contributed by atoms with Gasteiger partial charge < -0.3 is 15.7 Å². The maximum Gasteiger partial charge on any atom is 0.319 e. The second kappa shape index (κ2) is 6.43. The van der Waals surface area contributed by atoms with Gasteiger partial charge in [-0.15, -0.1) is 0 Å². The van der Waals surface area contributed by atoms with Crippen molar-refractivity contribution in [2.24, 2.45) is 5.41 Å². The first-order valence-electron chi connectivity index (χ1n) is 6.67. The highest BCUT2D eigenvalue weighted by atomic mass is 79.9. The molecule has 114 valence electrons. The number of halogens is 2. The van der Waals surface area contributed by atoms with E-state index in [9.17, 15) is 19.1 Å². The maximum atomic E-state index is 13.6. The molecule has 0 aromatic heterocycles. The molecular formula is C14H16BrFN2O3. The Morgan fingerprint density at radius 2 is 2.00 bits per heavy atom. The molecule has 0 radical (unpaired) electrons. The highest BCUT2D eigenvalue weighted by molar-refractivity contribution is 9.10. The van der Waals surface area contributed by atoms with Gasteiger partial charge >= 0.3 is 12.0 Å². The number of carbonyl (C=O) groups is 2. The van der Waals surface area contributed by atoms with Crippen molar-refractivity contribution in [2.75, 3.05) is 11.9 Å². The number of hydrogen-bond donors (Lipinski definition) is 3. The Balaban J connectivity index is 1.98. The van der Waals surface area contributed by atoms with E-state index in [2.05, 4.69) is 26.6 Å². The molecule has 1 saturated carbocycles. The lowest BCUT2D eigenvalue weighted by molar-refractivity contribution is -0.148. The highest BCUT2D eigenvalue weighted by Crippen LogP contribution is 2.37. The summed E-state index contributed by atoms with van der Waals surface area (Å²) in [4.78, 5) is 23.2. The van der Waals surface area contributed by atoms with Crippen molar-refractivity contribution in [3.05, 3.63) is 28.5 Å². The molecule has 5 nitrogen and oxygen atoms in total. The van der Waals surface area contributed by atoms with Crippen molar-refractivity contribution in [3.8, 4) is 0 Å². The number of benzene rings is 1. The predicted octanol–water partition coefficient (Wildman–Crippen LogP) is 3.35. The fourth-order valence-corrected chi connectivity index (χ4v) is 2.98. The molecule has 0 aliphatic heterocycles. The molecule has 1 aromatic rings. The fourth-order valence-electron chi connectivity index (χ4n) is 2.54. The smallest absolute Gasteiger partial charge is 0.319 e. The summed E-state index contributed by atoms with van der Waals surface area (Å²) in [6, 6.07) is 3.73. The summed E-state index contributed by atoms with van der Waals surface area (Å²) in [5.74, 6) is -1.46. The molecule has 1 fully saturated rings. The van der Waals surface area contributed by atoms with Gasteiger partial charge in [-0.3, -0.25) is 4.79 Å². The molecule has 0 saturated heterocycles. The average molecular weight is 359 g/mol. The zero-order valence-corrected chi connectivity index (χ0v) is 12.9. The van der Waals surface area contributed by atoms with E-state index in [0.717, 1.165) is 12.8 Å². The molecule has 0 unspecified atom stereocenters. The van der Waals surface area contributed by atoms with Crippen LogP contribution in [0.4, 0.5) is 14.9 Å². The fraction of sp³-hybridized carbons (Fsp3) is 0.429. The van der Waals surface area contributed by atoms with E-state index in [0.29, 0.717) is 17.3 Å². The topological polar surface area (TPSA) is 78.4 Å². The molecule has 7 heteroatoms. The van der Waals surface area contributed by atoms with E-state index in [1.54, 1.807) is 6.07 Å². The van der Waals surface area contributed by atoms with Crippen LogP contribution in [0.25, 0.3) is 0 Å². The normalized spacial score (nSPS) is 16.5. The Kier molecular flexibility index (Phi) is 4.82. The number of amides is 2. The predicted molar refractivity (Wildman–Crippen MR) is 79.7 cm³/mol. The first-order chi connectivity index (χ1) is 9.94. The average Bonchev–Trinajstić information content (AvgIpc) is 2.91. The maximum absolute atomic E-state index is 13.6. The van der Waals surface area contributed by atoms with Crippen LogP contribution in [0, 0.1) is 11.2 Å². The van der Waals surface area contributed by atoms with E-state index in [1.165, 1.54) is 12.1 Å². The van der Waals surface area contributed by atoms with Crippen LogP contribution in [0.2, 0.25) is 0 Å². The SMILES string of the molecule is O=C(NCC1(C(=O)O)CCCC1)Nc1c(F)cccc1Br. The number of hydrogen-bond acceptors (Lipinski definition) is 2. The van der Waals surface area contributed by atoms with Crippen LogP contribution in [0.5, 0.6) is 0 Å². The van der Waals surface area contributed by atoms with Crippen LogP contribution in [0.1, 0.15) is 25.7 Å². The molecule has 2 rings (SSSR count). The van der Waals surface area contributed by atoms with Crippen molar-refractivity contribution in [3.63, 3.8) is 0 Å². The summed E-state index contributed by atoms with van der Waals surface area (Å²) < 4.78 is 14.0. The van der Waals surface area contributed by atoms with E-state index >= 15 is 0 Å². The van der Waals surface area contributed by atoms with Gasteiger partial charge in [0.2, 0.25) is 0 Å². The summed E-state index contributed by atoms with van der Waals surface area (Å²) in [5.41, 5.74) is -0.866. The lowest BCUT2D eigenvalue weighted by Gasteiger charge is -2.24. The Bertz CT molecular complexity index is 539. The first-order valence-corrected chi connectivity index (χ1v) is 7.46. The first kappa shape index (κ1) is 15.8. The number of carboxylic acids is 1. The van der Waals surface area contributed by atoms with Gasteiger partial charge in [-0.2, -0.15) is 0 Å². The van der Waals surface area contributed by atoms with Crippen LogP contribution in [0.3, 0.4) is 0 Å². The largest absolute Gasteiger partial charge is 0.481 e. The van der Waals surface area contributed by atoms with Gasteiger partial charge in [-0.1, -0.05) is 18.9 Å². The number of carboxylic acid groups (broad SMARTS) is 1. The van der Waals surface area contributed by atoms with Crippen LogP contribution in [-0.2, 0) is 4.79 Å². The molecular weight excluding hydrogens is 343 g/mol. The van der Waals surface area contributed by atoms with E-state index in [-0.39, 0.29) is 12.2 Å². The minimum atomic E-state index is -0.899. The van der Waals surface area contributed by atoms with Crippen LogP contribution < -0.4 is 10.6 Å². The third kappa shape index (κ3) is 3.53. The quantitative estimate of drug-likeness (QED) is 0.772. The minimum absolute atomic E-state index is 0.0331.